The third-order valence-corrected chi connectivity index (χ3v) is 3.16. The molecule has 0 saturated carbocycles. The predicted molar refractivity (Wildman–Crippen MR) is 70.3 cm³/mol. The number of hydrogen-bond donors (Lipinski definition) is 1. The van der Waals surface area contributed by atoms with Crippen molar-refractivity contribution in [2.24, 2.45) is 0 Å². The number of benzene rings is 1. The molecule has 1 aliphatic heterocycles. The second kappa shape index (κ2) is 5.36. The summed E-state index contributed by atoms with van der Waals surface area (Å²) in [6, 6.07) is 7.94. The minimum absolute atomic E-state index is 0.240. The SMILES string of the molecule is CCOc1cccc(-n2nnc(C3CCCN3)n2)c1. The van der Waals surface area contributed by atoms with Crippen molar-refractivity contribution in [2.75, 3.05) is 13.2 Å². The van der Waals surface area contributed by atoms with E-state index in [9.17, 15) is 0 Å². The highest BCUT2D eigenvalue weighted by atomic mass is 16.5. The number of nitrogens with one attached hydrogen (secondary N) is 1. The second-order valence-electron chi connectivity index (χ2n) is 4.52. The second-order valence-corrected chi connectivity index (χ2v) is 4.52. The maximum atomic E-state index is 5.47. The molecule has 6 nitrogen and oxygen atoms in total. The molecule has 1 aromatic carbocycles. The maximum Gasteiger partial charge on any atom is 0.192 e. The number of tetrazole rings is 1. The van der Waals surface area contributed by atoms with E-state index in [1.165, 1.54) is 6.42 Å². The van der Waals surface area contributed by atoms with Crippen LogP contribution in [0.25, 0.3) is 5.69 Å². The first-order valence-electron chi connectivity index (χ1n) is 6.63. The molecule has 1 N–H and O–H groups in total. The van der Waals surface area contributed by atoms with Crippen molar-refractivity contribution >= 4 is 0 Å². The van der Waals surface area contributed by atoms with Crippen molar-refractivity contribution in [1.29, 1.82) is 0 Å². The van der Waals surface area contributed by atoms with E-state index in [0.717, 1.165) is 30.2 Å². The van der Waals surface area contributed by atoms with E-state index in [-0.39, 0.29) is 6.04 Å². The Bertz CT molecular complexity index is 547. The standard InChI is InChI=1S/C13H17N5O/c1-2-19-11-6-3-5-10(9-11)18-16-13(15-17-18)12-7-4-8-14-12/h3,5-6,9,12,14H,2,4,7-8H2,1H3. The van der Waals surface area contributed by atoms with Gasteiger partial charge in [0, 0.05) is 6.07 Å². The zero-order valence-corrected chi connectivity index (χ0v) is 10.9. The number of ether oxygens (including phenoxy) is 1. The maximum absolute atomic E-state index is 5.47. The molecule has 0 spiro atoms. The van der Waals surface area contributed by atoms with Crippen LogP contribution < -0.4 is 10.1 Å². The molecule has 1 aliphatic rings. The van der Waals surface area contributed by atoms with Crippen LogP contribution in [0.1, 0.15) is 31.6 Å². The smallest absolute Gasteiger partial charge is 0.192 e. The molecule has 0 amide bonds. The Balaban J connectivity index is 1.83. The molecule has 0 bridgehead atoms. The first-order chi connectivity index (χ1) is 9.36. The highest BCUT2D eigenvalue weighted by molar-refractivity contribution is 5.37. The van der Waals surface area contributed by atoms with Gasteiger partial charge in [0.1, 0.15) is 5.75 Å². The van der Waals surface area contributed by atoms with Gasteiger partial charge in [-0.05, 0) is 43.7 Å². The van der Waals surface area contributed by atoms with E-state index < -0.39 is 0 Å². The van der Waals surface area contributed by atoms with E-state index in [2.05, 4.69) is 20.7 Å². The molecule has 1 saturated heterocycles. The molecular formula is C13H17N5O. The van der Waals surface area contributed by atoms with Crippen molar-refractivity contribution in [1.82, 2.24) is 25.5 Å². The fourth-order valence-corrected chi connectivity index (χ4v) is 2.24. The molecule has 1 atom stereocenters. The van der Waals surface area contributed by atoms with E-state index >= 15 is 0 Å². The summed E-state index contributed by atoms with van der Waals surface area (Å²) in [6.45, 7) is 3.63. The Morgan fingerprint density at radius 2 is 2.42 bits per heavy atom. The van der Waals surface area contributed by atoms with Crippen molar-refractivity contribution in [3.8, 4) is 11.4 Å². The van der Waals surface area contributed by atoms with E-state index in [0.29, 0.717) is 6.61 Å². The number of rotatable bonds is 4. The molecule has 0 aliphatic carbocycles. The van der Waals surface area contributed by atoms with E-state index in [1.807, 2.05) is 31.2 Å². The summed E-state index contributed by atoms with van der Waals surface area (Å²) in [6.07, 6.45) is 2.24. The number of nitrogens with zero attached hydrogens (tertiary/aromatic N) is 4. The summed E-state index contributed by atoms with van der Waals surface area (Å²) in [5.41, 5.74) is 0.864. The van der Waals surface area contributed by atoms with E-state index in [1.54, 1.807) is 4.80 Å². The van der Waals surface area contributed by atoms with Crippen LogP contribution in [-0.4, -0.2) is 33.4 Å². The molecule has 100 valence electrons. The van der Waals surface area contributed by atoms with Crippen LogP contribution in [0.2, 0.25) is 0 Å². The van der Waals surface area contributed by atoms with Crippen LogP contribution in [0.15, 0.2) is 24.3 Å². The van der Waals surface area contributed by atoms with Gasteiger partial charge in [-0.3, -0.25) is 0 Å². The molecular weight excluding hydrogens is 242 g/mol. The summed E-state index contributed by atoms with van der Waals surface area (Å²) in [4.78, 5) is 1.55. The minimum Gasteiger partial charge on any atom is -0.494 e. The Labute approximate surface area is 111 Å². The molecule has 2 aromatic rings. The van der Waals surface area contributed by atoms with Gasteiger partial charge in [-0.2, -0.15) is 0 Å². The highest BCUT2D eigenvalue weighted by Crippen LogP contribution is 2.20. The van der Waals surface area contributed by atoms with Crippen LogP contribution in [0.4, 0.5) is 0 Å². The fraction of sp³-hybridized carbons (Fsp3) is 0.462. The first kappa shape index (κ1) is 12.1. The lowest BCUT2D eigenvalue weighted by atomic mass is 10.2. The van der Waals surface area contributed by atoms with Crippen LogP contribution in [0.3, 0.4) is 0 Å². The normalized spacial score (nSPS) is 18.7. The molecule has 0 radical (unpaired) electrons. The third kappa shape index (κ3) is 2.58. The van der Waals surface area contributed by atoms with Gasteiger partial charge in [-0.1, -0.05) is 6.07 Å². The Morgan fingerprint density at radius 3 is 3.21 bits per heavy atom. The monoisotopic (exact) mass is 259 g/mol. The van der Waals surface area contributed by atoms with Gasteiger partial charge in [0.15, 0.2) is 5.82 Å². The van der Waals surface area contributed by atoms with Gasteiger partial charge in [0.25, 0.3) is 0 Å². The quantitative estimate of drug-likeness (QED) is 0.901. The lowest BCUT2D eigenvalue weighted by Crippen LogP contribution is -2.14. The van der Waals surface area contributed by atoms with Gasteiger partial charge in [0.2, 0.25) is 0 Å². The van der Waals surface area contributed by atoms with Crippen molar-refractivity contribution < 1.29 is 4.74 Å². The molecule has 1 aromatic heterocycles. The summed E-state index contributed by atoms with van der Waals surface area (Å²) in [7, 11) is 0. The largest absolute Gasteiger partial charge is 0.494 e. The van der Waals surface area contributed by atoms with Crippen LogP contribution in [0, 0.1) is 0 Å². The zero-order valence-electron chi connectivity index (χ0n) is 10.9. The Hall–Kier alpha value is -1.95. The topological polar surface area (TPSA) is 64.9 Å². The highest BCUT2D eigenvalue weighted by Gasteiger charge is 2.21. The van der Waals surface area contributed by atoms with Gasteiger partial charge in [-0.15, -0.1) is 15.0 Å². The summed E-state index contributed by atoms with van der Waals surface area (Å²) >= 11 is 0. The molecule has 6 heteroatoms. The fourth-order valence-electron chi connectivity index (χ4n) is 2.24. The van der Waals surface area contributed by atoms with Crippen molar-refractivity contribution in [3.05, 3.63) is 30.1 Å². The van der Waals surface area contributed by atoms with E-state index in [4.69, 9.17) is 4.74 Å². The van der Waals surface area contributed by atoms with Crippen LogP contribution in [-0.2, 0) is 0 Å². The molecule has 1 fully saturated rings. The molecule has 2 heterocycles. The van der Waals surface area contributed by atoms with Gasteiger partial charge < -0.3 is 10.1 Å². The average Bonchev–Trinajstić information content (AvgIpc) is 3.11. The summed E-state index contributed by atoms with van der Waals surface area (Å²) in [5.74, 6) is 1.58. The average molecular weight is 259 g/mol. The third-order valence-electron chi connectivity index (χ3n) is 3.16. The first-order valence-corrected chi connectivity index (χ1v) is 6.63. The minimum atomic E-state index is 0.240. The predicted octanol–water partition coefficient (Wildman–Crippen LogP) is 1.49. The summed E-state index contributed by atoms with van der Waals surface area (Å²) < 4.78 is 5.47. The van der Waals surface area contributed by atoms with Gasteiger partial charge in [-0.25, -0.2) is 0 Å². The molecule has 19 heavy (non-hydrogen) atoms. The Kier molecular flexibility index (Phi) is 3.41. The lowest BCUT2D eigenvalue weighted by molar-refractivity contribution is 0.340. The molecule has 3 rings (SSSR count). The van der Waals surface area contributed by atoms with Crippen molar-refractivity contribution in [2.45, 2.75) is 25.8 Å². The van der Waals surface area contributed by atoms with Crippen molar-refractivity contribution in [3.63, 3.8) is 0 Å². The number of aromatic nitrogens is 4. The number of hydrogen-bond acceptors (Lipinski definition) is 5. The zero-order chi connectivity index (χ0) is 13.1. The Morgan fingerprint density at radius 1 is 1.47 bits per heavy atom. The van der Waals surface area contributed by atoms with Gasteiger partial charge >= 0.3 is 0 Å². The lowest BCUT2D eigenvalue weighted by Gasteiger charge is -2.05. The van der Waals surface area contributed by atoms with Gasteiger partial charge in [0.05, 0.1) is 18.3 Å². The van der Waals surface area contributed by atoms with Crippen LogP contribution in [0.5, 0.6) is 5.75 Å². The summed E-state index contributed by atoms with van der Waals surface area (Å²) in [5, 5.41) is 16.0. The van der Waals surface area contributed by atoms with Crippen LogP contribution >= 0.6 is 0 Å². The molecule has 1 unspecified atom stereocenters.